The topological polar surface area (TPSA) is 45.0 Å². The summed E-state index contributed by atoms with van der Waals surface area (Å²) in [5.74, 6) is 0.918. The summed E-state index contributed by atoms with van der Waals surface area (Å²) in [6.45, 7) is 6.52. The lowest BCUT2D eigenvalue weighted by Crippen LogP contribution is -2.35. The zero-order chi connectivity index (χ0) is 20.9. The molecule has 1 aliphatic heterocycles. The van der Waals surface area contributed by atoms with Crippen molar-refractivity contribution in [2.24, 2.45) is 0 Å². The van der Waals surface area contributed by atoms with E-state index in [1.54, 1.807) is 6.20 Å². The molecule has 1 aliphatic rings. The number of nitrogens with one attached hydrogen (secondary N) is 1. The van der Waals surface area contributed by atoms with E-state index in [-0.39, 0.29) is 5.60 Å². The Balaban J connectivity index is 1.90. The molecule has 3 rings (SSSR count). The van der Waals surface area contributed by atoms with Crippen LogP contribution in [-0.4, -0.2) is 5.60 Å². The van der Waals surface area contributed by atoms with Crippen LogP contribution >= 0.6 is 15.9 Å². The molecule has 2 aromatic carbocycles. The second kappa shape index (κ2) is 9.33. The molecule has 0 aromatic heterocycles. The summed E-state index contributed by atoms with van der Waals surface area (Å²) < 4.78 is 7.40. The number of hydrogen-bond donors (Lipinski definition) is 1. The summed E-state index contributed by atoms with van der Waals surface area (Å²) >= 11 is 3.72. The lowest BCUT2D eigenvalue weighted by atomic mass is 9.86. The molecule has 0 amide bonds. The van der Waals surface area contributed by atoms with E-state index in [4.69, 9.17) is 4.74 Å². The summed E-state index contributed by atoms with van der Waals surface area (Å²) in [6, 6.07) is 16.4. The zero-order valence-electron chi connectivity index (χ0n) is 17.3. The van der Waals surface area contributed by atoms with Crippen LogP contribution in [-0.2, 0) is 6.42 Å². The number of rotatable bonds is 7. The molecule has 0 saturated carbocycles. The molecule has 0 radical (unpaired) electrons. The molecular weight excluding hydrogens is 424 g/mol. The Bertz CT molecular complexity index is 966. The molecule has 3 nitrogen and oxygen atoms in total. The van der Waals surface area contributed by atoms with Gasteiger partial charge in [-0.05, 0) is 76.7 Å². The predicted molar refractivity (Wildman–Crippen MR) is 124 cm³/mol. The van der Waals surface area contributed by atoms with Gasteiger partial charge in [0, 0.05) is 29.4 Å². The fraction of sp³-hybridized carbons (Fsp3) is 0.320. The number of ether oxygens (including phenoxy) is 1. The number of fused-ring (bicyclic) bond motifs is 1. The number of hydrogen-bond acceptors (Lipinski definition) is 3. The van der Waals surface area contributed by atoms with E-state index in [2.05, 4.69) is 66.3 Å². The second-order valence-corrected chi connectivity index (χ2v) is 8.17. The lowest BCUT2D eigenvalue weighted by Gasteiger charge is -2.36. The number of allylic oxidation sites excluding steroid dienone is 2. The number of nitriles is 1. The molecule has 0 bridgehead atoms. The maximum absolute atomic E-state index is 9.60. The minimum atomic E-state index is -0.236. The Kier molecular flexibility index (Phi) is 6.82. The van der Waals surface area contributed by atoms with Gasteiger partial charge in [-0.15, -0.1) is 0 Å². The predicted octanol–water partition coefficient (Wildman–Crippen LogP) is 7.26. The van der Waals surface area contributed by atoms with Crippen LogP contribution in [0.25, 0.3) is 5.57 Å². The molecule has 4 heteroatoms. The van der Waals surface area contributed by atoms with Gasteiger partial charge in [-0.25, -0.2) is 0 Å². The molecule has 150 valence electrons. The van der Waals surface area contributed by atoms with Crippen LogP contribution in [0.15, 0.2) is 64.8 Å². The van der Waals surface area contributed by atoms with Gasteiger partial charge in [-0.3, -0.25) is 0 Å². The highest BCUT2D eigenvalue weighted by Crippen LogP contribution is 2.45. The fourth-order valence-electron chi connectivity index (χ4n) is 3.66. The minimum Gasteiger partial charge on any atom is -0.481 e. The van der Waals surface area contributed by atoms with Crippen LogP contribution in [0.2, 0.25) is 0 Å². The Labute approximate surface area is 182 Å². The van der Waals surface area contributed by atoms with Gasteiger partial charge in [-0.2, -0.15) is 5.26 Å². The number of halogens is 1. The first kappa shape index (κ1) is 21.2. The maximum Gasteiger partial charge on any atom is 0.142 e. The molecule has 0 fully saturated rings. The zero-order valence-corrected chi connectivity index (χ0v) is 18.8. The summed E-state index contributed by atoms with van der Waals surface area (Å²) in [7, 11) is 0. The van der Waals surface area contributed by atoms with Crippen LogP contribution < -0.4 is 10.1 Å². The van der Waals surface area contributed by atoms with Gasteiger partial charge in [0.05, 0.1) is 10.5 Å². The highest BCUT2D eigenvalue weighted by molar-refractivity contribution is 9.10. The third-order valence-electron chi connectivity index (χ3n) is 5.49. The molecule has 0 saturated heterocycles. The van der Waals surface area contributed by atoms with Crippen molar-refractivity contribution in [1.29, 1.82) is 5.26 Å². The fourth-order valence-corrected chi connectivity index (χ4v) is 4.25. The van der Waals surface area contributed by atoms with Crippen molar-refractivity contribution in [2.75, 3.05) is 5.32 Å². The molecule has 0 unspecified atom stereocenters. The van der Waals surface area contributed by atoms with Gasteiger partial charge in [0.2, 0.25) is 0 Å². The van der Waals surface area contributed by atoms with E-state index < -0.39 is 0 Å². The largest absolute Gasteiger partial charge is 0.481 e. The van der Waals surface area contributed by atoms with Gasteiger partial charge in [0.1, 0.15) is 11.4 Å². The first-order chi connectivity index (χ1) is 14.0. The van der Waals surface area contributed by atoms with Crippen LogP contribution in [0.4, 0.5) is 5.69 Å². The molecule has 1 N–H and O–H groups in total. The van der Waals surface area contributed by atoms with Crippen LogP contribution in [0.5, 0.6) is 5.75 Å². The summed E-state index contributed by atoms with van der Waals surface area (Å²) in [5, 5.41) is 12.8. The smallest absolute Gasteiger partial charge is 0.142 e. The van der Waals surface area contributed by atoms with Crippen LogP contribution in [0, 0.1) is 11.3 Å². The number of para-hydroxylation sites is 1. The van der Waals surface area contributed by atoms with Gasteiger partial charge >= 0.3 is 0 Å². The summed E-state index contributed by atoms with van der Waals surface area (Å²) in [6.07, 6.45) is 7.47. The van der Waals surface area contributed by atoms with Crippen molar-refractivity contribution < 1.29 is 4.74 Å². The summed E-state index contributed by atoms with van der Waals surface area (Å²) in [4.78, 5) is 0. The van der Waals surface area contributed by atoms with E-state index >= 15 is 0 Å². The highest BCUT2D eigenvalue weighted by atomic mass is 79.9. The van der Waals surface area contributed by atoms with Crippen molar-refractivity contribution in [3.63, 3.8) is 0 Å². The van der Waals surface area contributed by atoms with Gasteiger partial charge in [-0.1, -0.05) is 39.0 Å². The van der Waals surface area contributed by atoms with Crippen molar-refractivity contribution >= 4 is 27.2 Å². The van der Waals surface area contributed by atoms with Crippen molar-refractivity contribution in [3.05, 3.63) is 75.9 Å². The highest BCUT2D eigenvalue weighted by Gasteiger charge is 2.33. The maximum atomic E-state index is 9.60. The average molecular weight is 451 g/mol. The van der Waals surface area contributed by atoms with Crippen molar-refractivity contribution in [2.45, 2.75) is 52.1 Å². The quantitative estimate of drug-likeness (QED) is 0.451. The normalized spacial score (nSPS) is 15.0. The second-order valence-electron chi connectivity index (χ2n) is 7.32. The first-order valence-corrected chi connectivity index (χ1v) is 11.0. The molecule has 29 heavy (non-hydrogen) atoms. The SMILES string of the molecule is CCC1=CC(CC)(CC)Oc2c(Br)cc(CC(C#N)=CNc3ccccc3)cc21. The van der Waals surface area contributed by atoms with E-state index in [1.165, 1.54) is 5.57 Å². The van der Waals surface area contributed by atoms with Gasteiger partial charge in [0.15, 0.2) is 0 Å². The monoisotopic (exact) mass is 450 g/mol. The van der Waals surface area contributed by atoms with E-state index in [0.29, 0.717) is 12.0 Å². The van der Waals surface area contributed by atoms with Gasteiger partial charge in [0.25, 0.3) is 0 Å². The van der Waals surface area contributed by atoms with Crippen LogP contribution in [0.3, 0.4) is 0 Å². The number of nitrogens with zero attached hydrogens (tertiary/aromatic N) is 1. The molecule has 2 aromatic rings. The third kappa shape index (κ3) is 4.74. The standard InChI is InChI=1S/C25H27BrN2O/c1-4-20-15-25(5-2,6-3)29-24-22(20)13-18(14-23(24)26)12-19(16-27)17-28-21-10-8-7-9-11-21/h7-11,13-15,17,28H,4-6,12H2,1-3H3. The first-order valence-electron chi connectivity index (χ1n) is 10.2. The molecule has 1 heterocycles. The Morgan fingerprint density at radius 3 is 2.52 bits per heavy atom. The van der Waals surface area contributed by atoms with Crippen molar-refractivity contribution in [3.8, 4) is 11.8 Å². The molecule has 0 atom stereocenters. The van der Waals surface area contributed by atoms with E-state index in [1.807, 2.05) is 30.3 Å². The Morgan fingerprint density at radius 1 is 1.17 bits per heavy atom. The van der Waals surface area contributed by atoms with Crippen LogP contribution in [0.1, 0.15) is 51.2 Å². The van der Waals surface area contributed by atoms with E-state index in [9.17, 15) is 5.26 Å². The van der Waals surface area contributed by atoms with Crippen molar-refractivity contribution in [1.82, 2.24) is 0 Å². The Hall–Kier alpha value is -2.51. The molecule has 0 aliphatic carbocycles. The number of benzene rings is 2. The third-order valence-corrected chi connectivity index (χ3v) is 6.08. The molecular formula is C25H27BrN2O. The summed E-state index contributed by atoms with van der Waals surface area (Å²) in [5.41, 5.74) is 4.93. The minimum absolute atomic E-state index is 0.236. The van der Waals surface area contributed by atoms with E-state index in [0.717, 1.165) is 46.3 Å². The lowest BCUT2D eigenvalue weighted by molar-refractivity contribution is 0.106. The molecule has 0 spiro atoms. The Morgan fingerprint density at radius 2 is 1.90 bits per heavy atom. The van der Waals surface area contributed by atoms with Gasteiger partial charge < -0.3 is 10.1 Å². The number of anilines is 1. The average Bonchev–Trinajstić information content (AvgIpc) is 2.77.